The lowest BCUT2D eigenvalue weighted by atomic mass is 9.85. The molecule has 3 heterocycles. The maximum absolute atomic E-state index is 14.3. The molecule has 2 saturated carbocycles. The van der Waals surface area contributed by atoms with Gasteiger partial charge in [0.1, 0.15) is 23.7 Å². The molecule has 272 valence electrons. The van der Waals surface area contributed by atoms with Crippen LogP contribution in [0.25, 0.3) is 0 Å². The summed E-state index contributed by atoms with van der Waals surface area (Å²) in [5.41, 5.74) is 0.888. The molecule has 3 aliphatic heterocycles. The van der Waals surface area contributed by atoms with Crippen molar-refractivity contribution in [2.24, 2.45) is 11.3 Å². The SMILES string of the molecule is C=C[C@@H]1C[C@]1(NC(=O)[C@@H]1C[C@@H]2CN1C(=O)[C@H](C(C)(C)C)NC(=O)OCCCCCc1cccc3c1CN(C3)C(=O)O2)C(=O)NS(=O)(=O)C1CC1. The number of hydrogen-bond donors (Lipinski definition) is 3. The van der Waals surface area contributed by atoms with Crippen LogP contribution in [0.15, 0.2) is 30.9 Å². The number of cyclic esters (lactones) is 1. The van der Waals surface area contributed by atoms with Crippen molar-refractivity contribution in [1.29, 1.82) is 0 Å². The Morgan fingerprint density at radius 2 is 1.82 bits per heavy atom. The predicted octanol–water partition coefficient (Wildman–Crippen LogP) is 2.64. The number of aryl methyl sites for hydroxylation is 1. The number of nitrogens with zero attached hydrogens (tertiary/aromatic N) is 2. The molecule has 5 atom stereocenters. The van der Waals surface area contributed by atoms with Crippen LogP contribution < -0.4 is 15.4 Å². The van der Waals surface area contributed by atoms with Gasteiger partial charge in [0, 0.05) is 25.4 Å². The van der Waals surface area contributed by atoms with Gasteiger partial charge in [-0.1, -0.05) is 45.0 Å². The quantitative estimate of drug-likeness (QED) is 0.374. The standard InChI is InChI=1S/C35H47N5O9S/c1-5-23-17-35(23,31(43)38-50(46,47)25-13-14-25)37-29(41)27-16-24-19-40(27)30(42)28(34(2,3)4)36-32(44)48-15-8-6-7-10-21-11-9-12-22-18-39(20-26(21)22)33(45)49-24/h5,9,11-12,23-25,27-28H,1,6-8,10,13-20H2,2-4H3,(H,36,44)(H,37,41)(H,38,43)/t23-,24-,27+,28-,35-/m1/s1. The van der Waals surface area contributed by atoms with Crippen molar-refractivity contribution in [1.82, 2.24) is 25.2 Å². The maximum Gasteiger partial charge on any atom is 0.410 e. The molecule has 3 fully saturated rings. The van der Waals surface area contributed by atoms with Crippen LogP contribution >= 0.6 is 0 Å². The first-order chi connectivity index (χ1) is 23.6. The summed E-state index contributed by atoms with van der Waals surface area (Å²) >= 11 is 0. The number of carbonyl (C=O) groups is 5. The molecule has 1 aromatic carbocycles. The maximum atomic E-state index is 14.3. The second-order valence-corrected chi connectivity index (χ2v) is 17.2. The van der Waals surface area contributed by atoms with Crippen molar-refractivity contribution in [3.63, 3.8) is 0 Å². The molecule has 0 radical (unpaired) electrons. The molecular weight excluding hydrogens is 666 g/mol. The first-order valence-electron chi connectivity index (χ1n) is 17.4. The molecule has 1 aromatic rings. The van der Waals surface area contributed by atoms with Crippen LogP contribution in [0.4, 0.5) is 9.59 Å². The third-order valence-corrected chi connectivity index (χ3v) is 12.2. The number of ether oxygens (including phenoxy) is 2. The number of rotatable bonds is 6. The van der Waals surface area contributed by atoms with Crippen LogP contribution in [0.2, 0.25) is 0 Å². The van der Waals surface area contributed by atoms with Crippen LogP contribution in [0, 0.1) is 11.3 Å². The van der Waals surface area contributed by atoms with Gasteiger partial charge in [-0.05, 0) is 67.1 Å². The Kier molecular flexibility index (Phi) is 9.66. The normalized spacial score (nSPS) is 29.1. The Morgan fingerprint density at radius 1 is 1.08 bits per heavy atom. The van der Waals surface area contributed by atoms with Crippen molar-refractivity contribution in [3.05, 3.63) is 47.5 Å². The van der Waals surface area contributed by atoms with E-state index in [1.165, 1.54) is 11.0 Å². The van der Waals surface area contributed by atoms with Gasteiger partial charge >= 0.3 is 12.2 Å². The monoisotopic (exact) mass is 713 g/mol. The highest BCUT2D eigenvalue weighted by Crippen LogP contribution is 2.45. The van der Waals surface area contributed by atoms with Gasteiger partial charge in [-0.3, -0.25) is 24.0 Å². The molecular formula is C35H47N5O9S. The number of nitrogens with one attached hydrogen (secondary N) is 3. The smallest absolute Gasteiger partial charge is 0.410 e. The van der Waals surface area contributed by atoms with Gasteiger partial charge in [-0.25, -0.2) is 18.0 Å². The highest BCUT2D eigenvalue weighted by molar-refractivity contribution is 7.91. The highest BCUT2D eigenvalue weighted by Gasteiger charge is 2.62. The summed E-state index contributed by atoms with van der Waals surface area (Å²) in [6, 6.07) is 3.70. The Hall–Kier alpha value is -4.14. The number of hydrogen-bond acceptors (Lipinski definition) is 9. The topological polar surface area (TPSA) is 181 Å². The van der Waals surface area contributed by atoms with Gasteiger partial charge in [0.2, 0.25) is 21.8 Å². The predicted molar refractivity (Wildman–Crippen MR) is 181 cm³/mol. The zero-order chi connectivity index (χ0) is 36.0. The van der Waals surface area contributed by atoms with Crippen LogP contribution in [0.1, 0.15) is 82.4 Å². The molecule has 6 rings (SSSR count). The molecule has 2 aliphatic carbocycles. The first kappa shape index (κ1) is 35.7. The number of alkyl carbamates (subject to hydrolysis) is 1. The van der Waals surface area contributed by atoms with Crippen molar-refractivity contribution in [2.75, 3.05) is 13.2 Å². The summed E-state index contributed by atoms with van der Waals surface area (Å²) in [5, 5.41) is 4.78. The zero-order valence-corrected chi connectivity index (χ0v) is 29.7. The lowest BCUT2D eigenvalue weighted by Crippen LogP contribution is -2.60. The fourth-order valence-electron chi connectivity index (χ4n) is 7.20. The molecule has 0 aromatic heterocycles. The van der Waals surface area contributed by atoms with Gasteiger partial charge in [-0.15, -0.1) is 6.58 Å². The van der Waals surface area contributed by atoms with Gasteiger partial charge in [0.05, 0.1) is 18.4 Å². The van der Waals surface area contributed by atoms with Crippen molar-refractivity contribution in [2.45, 2.75) is 114 Å². The molecule has 0 spiro atoms. The Balaban J connectivity index is 1.27. The molecule has 5 amide bonds. The fraction of sp³-hybridized carbons (Fsp3) is 0.629. The van der Waals surface area contributed by atoms with Crippen molar-refractivity contribution >= 4 is 39.9 Å². The van der Waals surface area contributed by atoms with Crippen molar-refractivity contribution in [3.8, 4) is 0 Å². The largest absolute Gasteiger partial charge is 0.450 e. The molecule has 50 heavy (non-hydrogen) atoms. The minimum absolute atomic E-state index is 0.0759. The average molecular weight is 714 g/mol. The number of amides is 5. The van der Waals surface area contributed by atoms with Crippen LogP contribution in [0.3, 0.4) is 0 Å². The lowest BCUT2D eigenvalue weighted by molar-refractivity contribution is -0.142. The summed E-state index contributed by atoms with van der Waals surface area (Å²) in [6.07, 6.45) is 3.35. The van der Waals surface area contributed by atoms with E-state index < -0.39 is 80.2 Å². The number of fused-ring (bicyclic) bond motifs is 3. The third-order valence-electron chi connectivity index (χ3n) is 10.4. The van der Waals surface area contributed by atoms with Crippen LogP contribution in [-0.4, -0.2) is 90.3 Å². The molecule has 3 N–H and O–H groups in total. The van der Waals surface area contributed by atoms with E-state index in [1.807, 2.05) is 12.1 Å². The van der Waals surface area contributed by atoms with Gasteiger partial charge in [0.25, 0.3) is 5.91 Å². The molecule has 4 bridgehead atoms. The Labute approximate surface area is 292 Å². The Morgan fingerprint density at radius 3 is 2.50 bits per heavy atom. The minimum atomic E-state index is -3.90. The van der Waals surface area contributed by atoms with Crippen molar-refractivity contribution < 1.29 is 41.9 Å². The minimum Gasteiger partial charge on any atom is -0.450 e. The van der Waals surface area contributed by atoms with Crippen LogP contribution in [0.5, 0.6) is 0 Å². The molecule has 0 unspecified atom stereocenters. The van der Waals surface area contributed by atoms with E-state index in [-0.39, 0.29) is 26.0 Å². The summed E-state index contributed by atoms with van der Waals surface area (Å²) in [4.78, 5) is 71.2. The van der Waals surface area contributed by atoms with E-state index in [1.54, 1.807) is 25.7 Å². The zero-order valence-electron chi connectivity index (χ0n) is 28.9. The first-order valence-corrected chi connectivity index (χ1v) is 19.0. The second kappa shape index (κ2) is 13.5. The lowest BCUT2D eigenvalue weighted by Gasteiger charge is -2.35. The number of benzene rings is 1. The van der Waals surface area contributed by atoms with Gasteiger partial charge in [0.15, 0.2) is 0 Å². The third kappa shape index (κ3) is 7.33. The van der Waals surface area contributed by atoms with E-state index in [2.05, 4.69) is 28.0 Å². The van der Waals surface area contributed by atoms with Gasteiger partial charge in [-0.2, -0.15) is 0 Å². The molecule has 14 nitrogen and oxygen atoms in total. The van der Waals surface area contributed by atoms with Gasteiger partial charge < -0.3 is 25.0 Å². The molecule has 5 aliphatic rings. The number of sulfonamides is 1. The van der Waals surface area contributed by atoms with E-state index in [0.717, 1.165) is 36.0 Å². The molecule has 1 saturated heterocycles. The Bertz CT molecular complexity index is 1690. The molecule has 15 heteroatoms. The average Bonchev–Trinajstić information content (AvgIpc) is 3.94. The van der Waals surface area contributed by atoms with Crippen LogP contribution in [-0.2, 0) is 53.4 Å². The summed E-state index contributed by atoms with van der Waals surface area (Å²) in [7, 11) is -3.90. The summed E-state index contributed by atoms with van der Waals surface area (Å²) in [6.45, 7) is 9.83. The summed E-state index contributed by atoms with van der Waals surface area (Å²) < 4.78 is 38.8. The summed E-state index contributed by atoms with van der Waals surface area (Å²) in [5.74, 6) is -2.70. The number of carbonyl (C=O) groups excluding carboxylic acids is 5. The van der Waals surface area contributed by atoms with E-state index in [9.17, 15) is 32.4 Å². The highest BCUT2D eigenvalue weighted by atomic mass is 32.2. The van der Waals surface area contributed by atoms with E-state index in [0.29, 0.717) is 32.4 Å². The van der Waals surface area contributed by atoms with E-state index in [4.69, 9.17) is 9.47 Å². The van der Waals surface area contributed by atoms with E-state index >= 15 is 0 Å². The second-order valence-electron chi connectivity index (χ2n) is 15.2. The fourth-order valence-corrected chi connectivity index (χ4v) is 8.56.